The Morgan fingerprint density at radius 3 is 2.89 bits per heavy atom. The number of amides is 1. The van der Waals surface area contributed by atoms with Crippen molar-refractivity contribution < 1.29 is 4.79 Å². The number of rotatable bonds is 6. The number of nitrogens with zero attached hydrogens (tertiary/aromatic N) is 2. The van der Waals surface area contributed by atoms with E-state index < -0.39 is 5.91 Å². The Morgan fingerprint density at radius 1 is 1.36 bits per heavy atom. The van der Waals surface area contributed by atoms with Gasteiger partial charge in [0.05, 0.1) is 11.1 Å². The monoisotopic (exact) mass is 413 g/mol. The number of hydrogen-bond donors (Lipinski definition) is 1. The first-order valence-electron chi connectivity index (χ1n) is 9.53. The second-order valence-corrected chi connectivity index (χ2v) is 9.40. The fourth-order valence-corrected chi connectivity index (χ4v) is 5.92. The Bertz CT molecular complexity index is 1070. The van der Waals surface area contributed by atoms with Crippen LogP contribution in [0.3, 0.4) is 0 Å². The first kappa shape index (κ1) is 19.2. The van der Waals surface area contributed by atoms with E-state index in [9.17, 15) is 9.59 Å². The molecule has 28 heavy (non-hydrogen) atoms. The van der Waals surface area contributed by atoms with E-state index in [0.717, 1.165) is 35.9 Å². The highest BCUT2D eigenvalue weighted by molar-refractivity contribution is 7.99. The minimum atomic E-state index is -0.409. The highest BCUT2D eigenvalue weighted by Crippen LogP contribution is 2.36. The molecule has 1 atom stereocenters. The van der Waals surface area contributed by atoms with E-state index in [1.165, 1.54) is 27.8 Å². The van der Waals surface area contributed by atoms with Gasteiger partial charge in [-0.2, -0.15) is 0 Å². The van der Waals surface area contributed by atoms with Crippen LogP contribution in [0, 0.1) is 5.92 Å². The summed E-state index contributed by atoms with van der Waals surface area (Å²) in [4.78, 5) is 31.6. The number of benzene rings is 1. The zero-order valence-electron chi connectivity index (χ0n) is 15.8. The molecule has 1 aromatic carbocycles. The number of carbonyl (C=O) groups is 1. The third-order valence-electron chi connectivity index (χ3n) is 5.19. The molecule has 0 unspecified atom stereocenters. The molecule has 2 N–H and O–H groups in total. The highest BCUT2D eigenvalue weighted by Gasteiger charge is 2.24. The lowest BCUT2D eigenvalue weighted by molar-refractivity contribution is -0.115. The predicted octanol–water partition coefficient (Wildman–Crippen LogP) is 3.40. The standard InChI is InChI=1S/C21H23N3O2S2/c1-13-7-8-15-16(11-13)28-19-18(15)20(26)24(21(23-19)27-12-17(22)25)10-9-14-5-3-2-4-6-14/h2-6,13H,7-12H2,1H3,(H2,22,25)/t13-/m0/s1. The number of aromatic nitrogens is 2. The van der Waals surface area contributed by atoms with E-state index in [4.69, 9.17) is 10.7 Å². The summed E-state index contributed by atoms with van der Waals surface area (Å²) in [5.41, 5.74) is 7.70. The largest absolute Gasteiger partial charge is 0.369 e. The van der Waals surface area contributed by atoms with E-state index in [1.54, 1.807) is 15.9 Å². The second kappa shape index (κ2) is 8.09. The molecule has 0 saturated carbocycles. The molecule has 7 heteroatoms. The molecular formula is C21H23N3O2S2. The zero-order chi connectivity index (χ0) is 19.7. The molecule has 0 spiro atoms. The minimum Gasteiger partial charge on any atom is -0.369 e. The van der Waals surface area contributed by atoms with Crippen molar-refractivity contribution in [3.63, 3.8) is 0 Å². The van der Waals surface area contributed by atoms with Crippen molar-refractivity contribution in [3.8, 4) is 0 Å². The normalized spacial score (nSPS) is 16.2. The molecule has 0 saturated heterocycles. The molecule has 5 nitrogen and oxygen atoms in total. The Kier molecular flexibility index (Phi) is 5.55. The lowest BCUT2D eigenvalue weighted by Gasteiger charge is -2.17. The van der Waals surface area contributed by atoms with Gasteiger partial charge in [-0.1, -0.05) is 49.0 Å². The van der Waals surface area contributed by atoms with Crippen LogP contribution in [0.15, 0.2) is 40.3 Å². The first-order chi connectivity index (χ1) is 13.5. The molecule has 4 rings (SSSR count). The Labute approximate surface area is 172 Å². The topological polar surface area (TPSA) is 78.0 Å². The summed E-state index contributed by atoms with van der Waals surface area (Å²) in [5.74, 6) is 0.351. The molecule has 3 aromatic rings. The first-order valence-corrected chi connectivity index (χ1v) is 11.3. The van der Waals surface area contributed by atoms with Crippen molar-refractivity contribution in [2.45, 2.75) is 44.3 Å². The summed E-state index contributed by atoms with van der Waals surface area (Å²) >= 11 is 2.89. The molecule has 0 bridgehead atoms. The number of fused-ring (bicyclic) bond motifs is 3. The van der Waals surface area contributed by atoms with Crippen LogP contribution in [-0.4, -0.2) is 21.2 Å². The van der Waals surface area contributed by atoms with Gasteiger partial charge in [0.1, 0.15) is 4.83 Å². The number of hydrogen-bond acceptors (Lipinski definition) is 5. The van der Waals surface area contributed by atoms with Crippen LogP contribution in [-0.2, 0) is 30.6 Å². The van der Waals surface area contributed by atoms with Gasteiger partial charge in [-0.05, 0) is 42.7 Å². The van der Waals surface area contributed by atoms with Gasteiger partial charge < -0.3 is 5.73 Å². The number of thioether (sulfide) groups is 1. The maximum Gasteiger partial charge on any atom is 0.263 e. The second-order valence-electron chi connectivity index (χ2n) is 7.37. The maximum atomic E-state index is 13.4. The van der Waals surface area contributed by atoms with Crippen molar-refractivity contribution in [3.05, 3.63) is 56.7 Å². The Hall–Kier alpha value is -2.12. The third-order valence-corrected chi connectivity index (χ3v) is 7.34. The van der Waals surface area contributed by atoms with E-state index in [-0.39, 0.29) is 11.3 Å². The molecular weight excluding hydrogens is 390 g/mol. The molecule has 1 aliphatic rings. The van der Waals surface area contributed by atoms with Gasteiger partial charge in [0.25, 0.3) is 5.56 Å². The summed E-state index contributed by atoms with van der Waals surface area (Å²) in [6, 6.07) is 10.1. The molecule has 1 amide bonds. The quantitative estimate of drug-likeness (QED) is 0.496. The Balaban J connectivity index is 1.77. The SMILES string of the molecule is C[C@H]1CCc2c(sc3nc(SCC(N)=O)n(CCc4ccccc4)c(=O)c23)C1. The van der Waals surface area contributed by atoms with Crippen molar-refractivity contribution in [2.75, 3.05) is 5.75 Å². The van der Waals surface area contributed by atoms with Crippen LogP contribution in [0.25, 0.3) is 10.2 Å². The van der Waals surface area contributed by atoms with Crippen molar-refractivity contribution in [1.82, 2.24) is 9.55 Å². The van der Waals surface area contributed by atoms with E-state index in [0.29, 0.717) is 17.6 Å². The molecule has 0 fully saturated rings. The predicted molar refractivity (Wildman–Crippen MR) is 115 cm³/mol. The van der Waals surface area contributed by atoms with Crippen LogP contribution >= 0.6 is 23.1 Å². The van der Waals surface area contributed by atoms with Crippen molar-refractivity contribution in [1.29, 1.82) is 0 Å². The summed E-state index contributed by atoms with van der Waals surface area (Å²) in [6.45, 7) is 2.79. The molecule has 0 aliphatic heterocycles. The lowest BCUT2D eigenvalue weighted by Crippen LogP contribution is -2.25. The summed E-state index contributed by atoms with van der Waals surface area (Å²) in [6.07, 6.45) is 3.81. The van der Waals surface area contributed by atoms with Crippen LogP contribution in [0.1, 0.15) is 29.3 Å². The fraction of sp³-hybridized carbons (Fsp3) is 0.381. The van der Waals surface area contributed by atoms with Crippen molar-refractivity contribution >= 4 is 39.2 Å². The average molecular weight is 414 g/mol. The van der Waals surface area contributed by atoms with Crippen LogP contribution in [0.4, 0.5) is 0 Å². The van der Waals surface area contributed by atoms with Gasteiger partial charge in [-0.25, -0.2) is 4.98 Å². The maximum absolute atomic E-state index is 13.4. The van der Waals surface area contributed by atoms with Crippen LogP contribution in [0.2, 0.25) is 0 Å². The van der Waals surface area contributed by atoms with Gasteiger partial charge >= 0.3 is 0 Å². The van der Waals surface area contributed by atoms with Gasteiger partial charge in [0.15, 0.2) is 5.16 Å². The molecule has 1 aliphatic carbocycles. The van der Waals surface area contributed by atoms with Crippen molar-refractivity contribution in [2.24, 2.45) is 11.7 Å². The molecule has 0 radical (unpaired) electrons. The average Bonchev–Trinajstić information content (AvgIpc) is 3.04. The van der Waals surface area contributed by atoms with E-state index >= 15 is 0 Å². The zero-order valence-corrected chi connectivity index (χ0v) is 17.4. The fourth-order valence-electron chi connectivity index (χ4n) is 3.73. The number of nitrogens with two attached hydrogens (primary N) is 1. The summed E-state index contributed by atoms with van der Waals surface area (Å²) in [7, 11) is 0. The number of primary amides is 1. The van der Waals surface area contributed by atoms with Gasteiger partial charge in [0.2, 0.25) is 5.91 Å². The highest BCUT2D eigenvalue weighted by atomic mass is 32.2. The Morgan fingerprint density at radius 2 is 2.14 bits per heavy atom. The lowest BCUT2D eigenvalue weighted by atomic mass is 9.89. The third kappa shape index (κ3) is 3.86. The molecule has 2 aromatic heterocycles. The van der Waals surface area contributed by atoms with Crippen LogP contribution in [0.5, 0.6) is 0 Å². The smallest absolute Gasteiger partial charge is 0.263 e. The van der Waals surface area contributed by atoms with E-state index in [2.05, 4.69) is 19.1 Å². The van der Waals surface area contributed by atoms with Crippen LogP contribution < -0.4 is 11.3 Å². The number of thiophene rings is 1. The molecule has 146 valence electrons. The summed E-state index contributed by atoms with van der Waals surface area (Å²) in [5, 5.41) is 1.36. The number of carbonyl (C=O) groups excluding carboxylic acids is 1. The van der Waals surface area contributed by atoms with Gasteiger partial charge in [-0.3, -0.25) is 14.2 Å². The van der Waals surface area contributed by atoms with E-state index in [1.807, 2.05) is 18.2 Å². The van der Waals surface area contributed by atoms with Gasteiger partial charge in [0, 0.05) is 11.4 Å². The minimum absolute atomic E-state index is 0.0138. The summed E-state index contributed by atoms with van der Waals surface area (Å²) < 4.78 is 1.73. The molecule has 2 heterocycles. The van der Waals surface area contributed by atoms with Gasteiger partial charge in [-0.15, -0.1) is 11.3 Å². The number of aryl methyl sites for hydroxylation is 2.